The maximum absolute atomic E-state index is 11.7. The van der Waals surface area contributed by atoms with E-state index in [-0.39, 0.29) is 29.2 Å². The van der Waals surface area contributed by atoms with Crippen molar-refractivity contribution in [3.8, 4) is 0 Å². The van der Waals surface area contributed by atoms with Gasteiger partial charge >= 0.3 is 6.09 Å². The average molecular weight is 340 g/mol. The van der Waals surface area contributed by atoms with E-state index in [2.05, 4.69) is 31.1 Å². The third-order valence-electron chi connectivity index (χ3n) is 5.90. The molecule has 2 fully saturated rings. The summed E-state index contributed by atoms with van der Waals surface area (Å²) in [6, 6.07) is 0.408. The molecular weight excluding hydrogens is 308 g/mol. The van der Waals surface area contributed by atoms with Crippen LogP contribution in [-0.4, -0.2) is 61.4 Å². The summed E-state index contributed by atoms with van der Waals surface area (Å²) in [7, 11) is 1.75. The van der Waals surface area contributed by atoms with Crippen LogP contribution in [0.15, 0.2) is 4.99 Å². The summed E-state index contributed by atoms with van der Waals surface area (Å²) in [6.45, 7) is 10.0. The van der Waals surface area contributed by atoms with E-state index in [1.165, 1.54) is 0 Å². The van der Waals surface area contributed by atoms with Crippen LogP contribution in [0.2, 0.25) is 0 Å². The SMILES string of the molecule is CCOC(=O)N1CCC(NC(N)=NC2CC(C)(OC)C2(C)C)CC1. The number of carbonyl (C=O) groups excluding carboxylic acids is 1. The first-order chi connectivity index (χ1) is 11.2. The summed E-state index contributed by atoms with van der Waals surface area (Å²) in [5, 5.41) is 3.30. The van der Waals surface area contributed by atoms with Crippen LogP contribution in [0.4, 0.5) is 4.79 Å². The first-order valence-electron chi connectivity index (χ1n) is 8.80. The minimum atomic E-state index is -0.229. The third kappa shape index (κ3) is 3.61. The van der Waals surface area contributed by atoms with Gasteiger partial charge in [-0.05, 0) is 33.1 Å². The quantitative estimate of drug-likeness (QED) is 0.601. The Labute approximate surface area is 145 Å². The van der Waals surface area contributed by atoms with Crippen molar-refractivity contribution in [1.29, 1.82) is 0 Å². The van der Waals surface area contributed by atoms with E-state index < -0.39 is 0 Å². The average Bonchev–Trinajstić information content (AvgIpc) is 2.55. The molecule has 0 aromatic carbocycles. The van der Waals surface area contributed by atoms with E-state index in [1.807, 2.05) is 6.92 Å². The molecule has 0 radical (unpaired) electrons. The molecule has 2 rings (SSSR count). The Hall–Kier alpha value is -1.50. The predicted molar refractivity (Wildman–Crippen MR) is 94.0 cm³/mol. The van der Waals surface area contributed by atoms with Gasteiger partial charge in [-0.15, -0.1) is 0 Å². The lowest BCUT2D eigenvalue weighted by Crippen LogP contribution is -2.63. The second kappa shape index (κ2) is 7.17. The normalized spacial score (nSPS) is 30.6. The molecule has 7 nitrogen and oxygen atoms in total. The van der Waals surface area contributed by atoms with E-state index >= 15 is 0 Å². The summed E-state index contributed by atoms with van der Waals surface area (Å²) in [5.74, 6) is 0.487. The summed E-state index contributed by atoms with van der Waals surface area (Å²) in [4.78, 5) is 18.1. The van der Waals surface area contributed by atoms with Crippen molar-refractivity contribution < 1.29 is 14.3 Å². The van der Waals surface area contributed by atoms with Gasteiger partial charge in [0.1, 0.15) is 0 Å². The van der Waals surface area contributed by atoms with Gasteiger partial charge in [0.25, 0.3) is 0 Å². The van der Waals surface area contributed by atoms with Gasteiger partial charge in [0, 0.05) is 31.7 Å². The van der Waals surface area contributed by atoms with Crippen LogP contribution in [0, 0.1) is 5.41 Å². The largest absolute Gasteiger partial charge is 0.450 e. The molecule has 1 heterocycles. The van der Waals surface area contributed by atoms with Crippen LogP contribution in [0.3, 0.4) is 0 Å². The zero-order valence-electron chi connectivity index (χ0n) is 15.6. The maximum atomic E-state index is 11.7. The van der Waals surface area contributed by atoms with Gasteiger partial charge in [-0.2, -0.15) is 0 Å². The van der Waals surface area contributed by atoms with Crippen LogP contribution in [0.1, 0.15) is 47.0 Å². The highest BCUT2D eigenvalue weighted by Crippen LogP contribution is 2.53. The number of nitrogens with two attached hydrogens (primary N) is 1. The van der Waals surface area contributed by atoms with Crippen molar-refractivity contribution >= 4 is 12.1 Å². The standard InChI is InChI=1S/C17H32N4O3/c1-6-24-15(22)21-9-7-12(8-10-21)19-14(18)20-13-11-17(4,23-5)16(13,2)3/h12-13H,6-11H2,1-5H3,(H3,18,19,20). The molecule has 138 valence electrons. The highest BCUT2D eigenvalue weighted by Gasteiger charge is 2.58. The molecule has 2 aliphatic rings. The van der Waals surface area contributed by atoms with Gasteiger partial charge < -0.3 is 25.4 Å². The molecule has 1 aliphatic carbocycles. The first kappa shape index (κ1) is 18.8. The number of nitrogens with one attached hydrogen (secondary N) is 1. The zero-order valence-corrected chi connectivity index (χ0v) is 15.6. The van der Waals surface area contributed by atoms with Crippen molar-refractivity contribution in [3.63, 3.8) is 0 Å². The molecule has 2 atom stereocenters. The number of aliphatic imine (C=N–C) groups is 1. The van der Waals surface area contributed by atoms with Crippen molar-refractivity contribution in [2.45, 2.75) is 64.6 Å². The molecule has 0 bridgehead atoms. The second-order valence-corrected chi connectivity index (χ2v) is 7.50. The van der Waals surface area contributed by atoms with Crippen molar-refractivity contribution in [2.75, 3.05) is 26.8 Å². The summed E-state index contributed by atoms with van der Waals surface area (Å²) in [6.07, 6.45) is 2.34. The number of guanidine groups is 1. The molecular formula is C17H32N4O3. The van der Waals surface area contributed by atoms with E-state index in [1.54, 1.807) is 12.0 Å². The number of piperidine rings is 1. The van der Waals surface area contributed by atoms with Gasteiger partial charge in [-0.25, -0.2) is 9.79 Å². The van der Waals surface area contributed by atoms with Crippen LogP contribution in [-0.2, 0) is 9.47 Å². The molecule has 24 heavy (non-hydrogen) atoms. The van der Waals surface area contributed by atoms with Gasteiger partial charge in [0.05, 0.1) is 18.2 Å². The lowest BCUT2D eigenvalue weighted by molar-refractivity contribution is -0.171. The van der Waals surface area contributed by atoms with Gasteiger partial charge in [0.15, 0.2) is 5.96 Å². The number of hydrogen-bond acceptors (Lipinski definition) is 4. The number of likely N-dealkylation sites (tertiary alicyclic amines) is 1. The third-order valence-corrected chi connectivity index (χ3v) is 5.90. The number of amides is 1. The number of rotatable bonds is 4. The minimum Gasteiger partial charge on any atom is -0.450 e. The molecule has 0 spiro atoms. The van der Waals surface area contributed by atoms with Crippen molar-refractivity contribution in [2.24, 2.45) is 16.1 Å². The van der Waals surface area contributed by atoms with Gasteiger partial charge in [0.2, 0.25) is 0 Å². The topological polar surface area (TPSA) is 89.2 Å². The Morgan fingerprint density at radius 3 is 2.46 bits per heavy atom. The van der Waals surface area contributed by atoms with E-state index in [9.17, 15) is 4.79 Å². The van der Waals surface area contributed by atoms with E-state index in [0.29, 0.717) is 25.7 Å². The summed E-state index contributed by atoms with van der Waals surface area (Å²) in [5.41, 5.74) is 5.91. The van der Waals surface area contributed by atoms with E-state index in [4.69, 9.17) is 15.2 Å². The molecule has 1 saturated heterocycles. The minimum absolute atomic E-state index is 0.0404. The summed E-state index contributed by atoms with van der Waals surface area (Å²) >= 11 is 0. The van der Waals surface area contributed by atoms with Crippen LogP contribution >= 0.6 is 0 Å². The Kier molecular flexibility index (Phi) is 5.63. The molecule has 7 heteroatoms. The Balaban J connectivity index is 1.82. The Morgan fingerprint density at radius 2 is 1.96 bits per heavy atom. The van der Waals surface area contributed by atoms with Crippen LogP contribution in [0.25, 0.3) is 0 Å². The van der Waals surface area contributed by atoms with Gasteiger partial charge in [-0.3, -0.25) is 0 Å². The second-order valence-electron chi connectivity index (χ2n) is 7.50. The number of hydrogen-bond donors (Lipinski definition) is 2. The number of methoxy groups -OCH3 is 1. The number of carbonyl (C=O) groups is 1. The molecule has 0 aromatic rings. The first-order valence-corrected chi connectivity index (χ1v) is 8.80. The number of nitrogens with zero attached hydrogens (tertiary/aromatic N) is 2. The lowest BCUT2D eigenvalue weighted by Gasteiger charge is -2.57. The molecule has 1 saturated carbocycles. The smallest absolute Gasteiger partial charge is 0.409 e. The van der Waals surface area contributed by atoms with Crippen LogP contribution in [0.5, 0.6) is 0 Å². The molecule has 3 N–H and O–H groups in total. The molecule has 2 unspecified atom stereocenters. The molecule has 0 aromatic heterocycles. The van der Waals surface area contributed by atoms with Gasteiger partial charge in [-0.1, -0.05) is 13.8 Å². The Morgan fingerprint density at radius 1 is 1.33 bits per heavy atom. The number of ether oxygens (including phenoxy) is 2. The maximum Gasteiger partial charge on any atom is 0.409 e. The summed E-state index contributed by atoms with van der Waals surface area (Å²) < 4.78 is 10.7. The predicted octanol–water partition coefficient (Wildman–Crippen LogP) is 1.72. The fraction of sp³-hybridized carbons (Fsp3) is 0.882. The fourth-order valence-corrected chi connectivity index (χ4v) is 3.50. The lowest BCUT2D eigenvalue weighted by atomic mass is 9.56. The Bertz CT molecular complexity index is 486. The van der Waals surface area contributed by atoms with Crippen molar-refractivity contribution in [3.05, 3.63) is 0 Å². The van der Waals surface area contributed by atoms with Crippen LogP contribution < -0.4 is 11.1 Å². The monoisotopic (exact) mass is 340 g/mol. The fourth-order valence-electron chi connectivity index (χ4n) is 3.50. The van der Waals surface area contributed by atoms with E-state index in [0.717, 1.165) is 19.3 Å². The molecule has 1 aliphatic heterocycles. The van der Waals surface area contributed by atoms with Crippen molar-refractivity contribution in [1.82, 2.24) is 10.2 Å². The highest BCUT2D eigenvalue weighted by molar-refractivity contribution is 5.78. The zero-order chi connectivity index (χ0) is 18.0. The molecule has 1 amide bonds. The highest BCUT2D eigenvalue weighted by atomic mass is 16.6.